The molecule has 2 aromatic rings. The number of aryl methyl sites for hydroxylation is 2. The molecule has 1 atom stereocenters. The van der Waals surface area contributed by atoms with Crippen LogP contribution in [-0.2, 0) is 11.3 Å². The molecule has 3 heterocycles. The van der Waals surface area contributed by atoms with E-state index in [1.54, 1.807) is 0 Å². The molecule has 0 bridgehead atoms. The lowest BCUT2D eigenvalue weighted by Crippen LogP contribution is -2.42. The van der Waals surface area contributed by atoms with E-state index in [4.69, 9.17) is 9.73 Å². The number of aromatic nitrogens is 2. The van der Waals surface area contributed by atoms with Gasteiger partial charge < -0.3 is 15.4 Å². The van der Waals surface area contributed by atoms with Gasteiger partial charge in [0, 0.05) is 42.1 Å². The smallest absolute Gasteiger partial charge is 0.191 e. The Kier molecular flexibility index (Phi) is 7.88. The number of guanidine groups is 1. The number of nitrogens with one attached hydrogen (secondary N) is 2. The number of morpholine rings is 1. The molecule has 2 aromatic heterocycles. The third kappa shape index (κ3) is 6.05. The van der Waals surface area contributed by atoms with Crippen molar-refractivity contribution in [3.8, 4) is 0 Å². The number of thiophene rings is 1. The fourth-order valence-electron chi connectivity index (χ4n) is 3.30. The highest BCUT2D eigenvalue weighted by Crippen LogP contribution is 2.28. The number of nitrogens with zero attached hydrogens (tertiary/aromatic N) is 4. The summed E-state index contributed by atoms with van der Waals surface area (Å²) in [7, 11) is 0. The fourth-order valence-corrected chi connectivity index (χ4v) is 4.31. The van der Waals surface area contributed by atoms with E-state index in [-0.39, 0.29) is 0 Å². The zero-order chi connectivity index (χ0) is 19.8. The van der Waals surface area contributed by atoms with Gasteiger partial charge >= 0.3 is 0 Å². The molecule has 0 aliphatic carbocycles. The quantitative estimate of drug-likeness (QED) is 0.522. The van der Waals surface area contributed by atoms with Gasteiger partial charge in [-0.3, -0.25) is 14.6 Å². The van der Waals surface area contributed by atoms with Gasteiger partial charge in [-0.1, -0.05) is 0 Å². The molecule has 3 rings (SSSR count). The van der Waals surface area contributed by atoms with Gasteiger partial charge in [-0.25, -0.2) is 0 Å². The molecule has 0 radical (unpaired) electrons. The summed E-state index contributed by atoms with van der Waals surface area (Å²) in [5.74, 6) is 0.859. The highest BCUT2D eigenvalue weighted by atomic mass is 32.1. The van der Waals surface area contributed by atoms with E-state index < -0.39 is 0 Å². The maximum atomic E-state index is 5.54. The van der Waals surface area contributed by atoms with Crippen LogP contribution < -0.4 is 10.6 Å². The molecule has 28 heavy (non-hydrogen) atoms. The van der Waals surface area contributed by atoms with E-state index >= 15 is 0 Å². The van der Waals surface area contributed by atoms with Gasteiger partial charge in [-0.2, -0.15) is 5.10 Å². The van der Waals surface area contributed by atoms with E-state index in [2.05, 4.69) is 59.7 Å². The van der Waals surface area contributed by atoms with Crippen molar-refractivity contribution in [1.29, 1.82) is 0 Å². The number of ether oxygens (including phenoxy) is 1. The molecule has 2 N–H and O–H groups in total. The highest BCUT2D eigenvalue weighted by molar-refractivity contribution is 7.12. The second-order valence-corrected chi connectivity index (χ2v) is 8.36. The zero-order valence-electron chi connectivity index (χ0n) is 17.1. The van der Waals surface area contributed by atoms with E-state index in [9.17, 15) is 0 Å². The largest absolute Gasteiger partial charge is 0.379 e. The van der Waals surface area contributed by atoms with E-state index in [0.717, 1.165) is 58.4 Å². The Labute approximate surface area is 171 Å². The maximum absolute atomic E-state index is 5.54. The van der Waals surface area contributed by atoms with Gasteiger partial charge in [0.05, 0.1) is 38.5 Å². The van der Waals surface area contributed by atoms with Gasteiger partial charge in [0.1, 0.15) is 0 Å². The van der Waals surface area contributed by atoms with Gasteiger partial charge in [-0.15, -0.1) is 11.3 Å². The Hall–Kier alpha value is -1.90. The normalized spacial score (nSPS) is 16.9. The van der Waals surface area contributed by atoms with Crippen molar-refractivity contribution in [2.75, 3.05) is 45.9 Å². The first-order chi connectivity index (χ1) is 13.7. The minimum absolute atomic E-state index is 0.298. The van der Waals surface area contributed by atoms with Crippen molar-refractivity contribution < 1.29 is 4.74 Å². The maximum Gasteiger partial charge on any atom is 0.191 e. The van der Waals surface area contributed by atoms with Crippen LogP contribution in [0.3, 0.4) is 0 Å². The van der Waals surface area contributed by atoms with E-state index in [1.807, 2.05) is 22.2 Å². The summed E-state index contributed by atoms with van der Waals surface area (Å²) in [5.41, 5.74) is 1.18. The molecule has 7 nitrogen and oxygen atoms in total. The van der Waals surface area contributed by atoms with Crippen LogP contribution in [0.2, 0.25) is 0 Å². The van der Waals surface area contributed by atoms with Crippen molar-refractivity contribution in [1.82, 2.24) is 25.3 Å². The number of rotatable bonds is 8. The zero-order valence-corrected chi connectivity index (χ0v) is 18.0. The second kappa shape index (κ2) is 10.6. The first kappa shape index (κ1) is 20.8. The monoisotopic (exact) mass is 404 g/mol. The molecule has 1 aliphatic rings. The van der Waals surface area contributed by atoms with Crippen LogP contribution in [0.25, 0.3) is 0 Å². The number of hydrogen-bond donors (Lipinski definition) is 2. The Morgan fingerprint density at radius 1 is 1.29 bits per heavy atom. The van der Waals surface area contributed by atoms with Crippen LogP contribution in [-0.4, -0.2) is 66.6 Å². The van der Waals surface area contributed by atoms with Gasteiger partial charge in [0.15, 0.2) is 5.96 Å². The third-order valence-electron chi connectivity index (χ3n) is 4.74. The summed E-state index contributed by atoms with van der Waals surface area (Å²) in [6, 6.07) is 4.75. The third-order valence-corrected chi connectivity index (χ3v) is 5.84. The van der Waals surface area contributed by atoms with Crippen LogP contribution in [0.1, 0.15) is 28.3 Å². The van der Waals surface area contributed by atoms with E-state index in [0.29, 0.717) is 6.04 Å². The molecule has 0 aromatic carbocycles. The summed E-state index contributed by atoms with van der Waals surface area (Å²) in [6.07, 6.45) is 3.94. The van der Waals surface area contributed by atoms with Crippen molar-refractivity contribution in [2.24, 2.45) is 4.99 Å². The van der Waals surface area contributed by atoms with Crippen molar-refractivity contribution in [3.05, 3.63) is 39.8 Å². The van der Waals surface area contributed by atoms with Crippen molar-refractivity contribution in [2.45, 2.75) is 33.4 Å². The predicted octanol–water partition coefficient (Wildman–Crippen LogP) is 2.19. The lowest BCUT2D eigenvalue weighted by atomic mass is 10.2. The van der Waals surface area contributed by atoms with Gasteiger partial charge in [-0.05, 0) is 38.5 Å². The molecule has 8 heteroatoms. The Morgan fingerprint density at radius 2 is 2.11 bits per heavy atom. The molecule has 1 aliphatic heterocycles. The molecule has 0 amide bonds. The summed E-state index contributed by atoms with van der Waals surface area (Å²) < 4.78 is 7.50. The first-order valence-electron chi connectivity index (χ1n) is 10.0. The summed E-state index contributed by atoms with van der Waals surface area (Å²) >= 11 is 1.87. The second-order valence-electron chi connectivity index (χ2n) is 7.04. The number of hydrogen-bond acceptors (Lipinski definition) is 5. The van der Waals surface area contributed by atoms with Crippen molar-refractivity contribution >= 4 is 17.3 Å². The standard InChI is InChI=1S/C20H32N6OS/c1-4-21-20(22-7-8-26-15-16(2)13-24-26)23-14-18(19-6-5-17(3)28-19)25-9-11-27-12-10-25/h5-6,13,15,18H,4,7-12,14H2,1-3H3,(H2,21,22,23). The predicted molar refractivity (Wildman–Crippen MR) is 115 cm³/mol. The fraction of sp³-hybridized carbons (Fsp3) is 0.600. The Bertz CT molecular complexity index is 749. The molecule has 0 spiro atoms. The lowest BCUT2D eigenvalue weighted by molar-refractivity contribution is 0.0186. The number of aliphatic imine (C=N–C) groups is 1. The average molecular weight is 405 g/mol. The molecular formula is C20H32N6OS. The van der Waals surface area contributed by atoms with Crippen LogP contribution in [0, 0.1) is 13.8 Å². The summed E-state index contributed by atoms with van der Waals surface area (Å²) in [6.45, 7) is 13.0. The van der Waals surface area contributed by atoms with Crippen molar-refractivity contribution in [3.63, 3.8) is 0 Å². The van der Waals surface area contributed by atoms with Gasteiger partial charge in [0.25, 0.3) is 0 Å². The van der Waals surface area contributed by atoms with Gasteiger partial charge in [0.2, 0.25) is 0 Å². The van der Waals surface area contributed by atoms with Crippen LogP contribution >= 0.6 is 11.3 Å². The summed E-state index contributed by atoms with van der Waals surface area (Å²) in [5, 5.41) is 11.1. The SMILES string of the molecule is CCNC(=NCC(c1ccc(C)s1)N1CCOCC1)NCCn1cc(C)cn1. The summed E-state index contributed by atoms with van der Waals surface area (Å²) in [4.78, 5) is 10.1. The first-order valence-corrected chi connectivity index (χ1v) is 10.9. The Balaban J connectivity index is 1.63. The topological polar surface area (TPSA) is 66.7 Å². The molecular weight excluding hydrogens is 372 g/mol. The van der Waals surface area contributed by atoms with Crippen LogP contribution in [0.4, 0.5) is 0 Å². The highest BCUT2D eigenvalue weighted by Gasteiger charge is 2.23. The minimum Gasteiger partial charge on any atom is -0.379 e. The molecule has 1 unspecified atom stereocenters. The van der Waals surface area contributed by atoms with Crippen LogP contribution in [0.15, 0.2) is 29.5 Å². The molecule has 1 saturated heterocycles. The van der Waals surface area contributed by atoms with E-state index in [1.165, 1.54) is 15.3 Å². The van der Waals surface area contributed by atoms with Crippen LogP contribution in [0.5, 0.6) is 0 Å². The molecule has 1 fully saturated rings. The average Bonchev–Trinajstić information content (AvgIpc) is 3.31. The Morgan fingerprint density at radius 3 is 2.75 bits per heavy atom. The molecule has 154 valence electrons. The minimum atomic E-state index is 0.298. The molecule has 0 saturated carbocycles. The lowest BCUT2D eigenvalue weighted by Gasteiger charge is -2.33.